The molecule has 2 heterocycles. The number of hydrogen-bond donors (Lipinski definition) is 6. The van der Waals surface area contributed by atoms with Crippen LogP contribution in [-0.2, 0) is 4.79 Å². The summed E-state index contributed by atoms with van der Waals surface area (Å²) in [6, 6.07) is 13.2. The zero-order valence-electron chi connectivity index (χ0n) is 22.3. The number of aliphatic hydroxyl groups excluding tert-OH is 2. The molecule has 41 heavy (non-hydrogen) atoms. The van der Waals surface area contributed by atoms with Gasteiger partial charge in [0, 0.05) is 42.3 Å². The third-order valence-corrected chi connectivity index (χ3v) is 7.56. The lowest BCUT2D eigenvalue weighted by Gasteiger charge is -2.34. The van der Waals surface area contributed by atoms with E-state index in [2.05, 4.69) is 25.6 Å². The van der Waals surface area contributed by atoms with Crippen LogP contribution < -0.4 is 27.0 Å². The van der Waals surface area contributed by atoms with Crippen LogP contribution in [0.15, 0.2) is 48.5 Å². The Morgan fingerprint density at radius 2 is 1.59 bits per heavy atom. The van der Waals surface area contributed by atoms with E-state index in [-0.39, 0.29) is 36.2 Å². The molecular weight excluding hydrogens is 548 g/mol. The molecule has 1 aromatic heterocycles. The number of nitrogens with zero attached hydrogens (tertiary/aromatic N) is 4. The number of hydrogen-bond acceptors (Lipinski definition) is 11. The summed E-state index contributed by atoms with van der Waals surface area (Å²) in [5, 5.41) is 26.4. The molecule has 0 spiro atoms. The Hall–Kier alpha value is -3.68. The molecule has 1 saturated carbocycles. The van der Waals surface area contributed by atoms with Gasteiger partial charge in [-0.05, 0) is 55.7 Å². The lowest BCUT2D eigenvalue weighted by atomic mass is 10.0. The maximum absolute atomic E-state index is 12.7. The molecule has 1 saturated heterocycles. The maximum Gasteiger partial charge on any atom is 0.232 e. The number of anilines is 4. The van der Waals surface area contributed by atoms with Gasteiger partial charge in [0.15, 0.2) is 5.78 Å². The predicted molar refractivity (Wildman–Crippen MR) is 155 cm³/mol. The molecule has 1 aliphatic heterocycles. The van der Waals surface area contributed by atoms with Crippen LogP contribution in [-0.4, -0.2) is 74.2 Å². The van der Waals surface area contributed by atoms with Crippen LogP contribution in [0.25, 0.3) is 0 Å². The van der Waals surface area contributed by atoms with E-state index in [0.29, 0.717) is 66.1 Å². The highest BCUT2D eigenvalue weighted by Crippen LogP contribution is 2.34. The van der Waals surface area contributed by atoms with Crippen molar-refractivity contribution >= 4 is 46.6 Å². The molecule has 0 bridgehead atoms. The Morgan fingerprint density at radius 3 is 2.24 bits per heavy atom. The molecule has 2 aliphatic rings. The van der Waals surface area contributed by atoms with Crippen LogP contribution in [0.5, 0.6) is 0 Å². The summed E-state index contributed by atoms with van der Waals surface area (Å²) in [4.78, 5) is 40.8. The normalized spacial score (nSPS) is 24.2. The van der Waals surface area contributed by atoms with Crippen LogP contribution in [0, 0.1) is 0 Å². The first-order chi connectivity index (χ1) is 19.6. The molecule has 2 fully saturated rings. The number of piperidine rings is 1. The molecule has 5 rings (SSSR count). The highest BCUT2D eigenvalue weighted by Gasteiger charge is 2.35. The van der Waals surface area contributed by atoms with Crippen molar-refractivity contribution in [1.29, 1.82) is 0 Å². The van der Waals surface area contributed by atoms with Gasteiger partial charge in [-0.1, -0.05) is 23.7 Å². The molecule has 1 amide bonds. The van der Waals surface area contributed by atoms with Crippen molar-refractivity contribution in [3.63, 3.8) is 0 Å². The molecule has 2 aromatic carbocycles. The zero-order valence-corrected chi connectivity index (χ0v) is 23.0. The molecule has 0 radical (unpaired) electrons. The molecule has 5 atom stereocenters. The van der Waals surface area contributed by atoms with Crippen molar-refractivity contribution in [2.24, 2.45) is 11.5 Å². The number of para-hydroxylation sites is 1. The summed E-state index contributed by atoms with van der Waals surface area (Å²) < 4.78 is 0. The molecule has 1 unspecified atom stereocenters. The highest BCUT2D eigenvalue weighted by molar-refractivity contribution is 6.33. The van der Waals surface area contributed by atoms with Gasteiger partial charge in [0.05, 0.1) is 29.3 Å². The fourth-order valence-corrected chi connectivity index (χ4v) is 5.36. The van der Waals surface area contributed by atoms with E-state index in [1.165, 1.54) is 0 Å². The van der Waals surface area contributed by atoms with Crippen molar-refractivity contribution in [2.75, 3.05) is 28.6 Å². The summed E-state index contributed by atoms with van der Waals surface area (Å²) in [5.74, 6) is 0.0856. The fraction of sp³-hybridized carbons (Fsp3) is 0.393. The van der Waals surface area contributed by atoms with Crippen molar-refractivity contribution in [2.45, 2.75) is 55.9 Å². The predicted octanol–water partition coefficient (Wildman–Crippen LogP) is 1.94. The standard InChI is InChI=1S/C28H33ClN8O4/c29-20-3-1-2-4-21(20)33-25(41)12-22(38)15-5-7-19(8-6-15)32-27-34-26(16-9-23(39)24(40)10-16)35-28(36-27)37-13-17(30)11-18(31)14-37/h1-8,16-18,23-24,39-40H,9-14,30-31H2,(H,33,41)(H,32,34,35,36)/t16?,17-,18+,23-,24+. The number of carbonyl (C=O) groups is 2. The van der Waals surface area contributed by atoms with Crippen LogP contribution in [0.2, 0.25) is 5.02 Å². The van der Waals surface area contributed by atoms with E-state index in [1.54, 1.807) is 48.5 Å². The molecule has 13 heteroatoms. The van der Waals surface area contributed by atoms with Crippen LogP contribution >= 0.6 is 11.6 Å². The van der Waals surface area contributed by atoms with E-state index >= 15 is 0 Å². The Labute approximate surface area is 242 Å². The molecular formula is C28H33ClN8O4. The monoisotopic (exact) mass is 580 g/mol. The van der Waals surface area contributed by atoms with Gasteiger partial charge in [0.1, 0.15) is 5.82 Å². The number of carbonyl (C=O) groups excluding carboxylic acids is 2. The van der Waals surface area contributed by atoms with Gasteiger partial charge >= 0.3 is 0 Å². The van der Waals surface area contributed by atoms with Crippen LogP contribution in [0.4, 0.5) is 23.3 Å². The maximum atomic E-state index is 12.7. The third kappa shape index (κ3) is 7.16. The first kappa shape index (κ1) is 28.8. The Kier molecular flexibility index (Phi) is 8.76. The number of amides is 1. The SMILES string of the molecule is N[C@@H]1C[C@H](N)CN(c2nc(Nc3ccc(C(=O)CC(=O)Nc4ccccc4Cl)cc3)nc(C3C[C@@H](O)[C@@H](O)C3)n2)C1. The second kappa shape index (κ2) is 12.5. The minimum atomic E-state index is -0.842. The number of aliphatic hydroxyl groups is 2. The average molecular weight is 581 g/mol. The van der Waals surface area contributed by atoms with Crippen LogP contribution in [0.3, 0.4) is 0 Å². The minimum Gasteiger partial charge on any atom is -0.390 e. The van der Waals surface area contributed by atoms with E-state index in [0.717, 1.165) is 0 Å². The number of Topliss-reactive ketones (excluding diaryl/α,β-unsaturated/α-hetero) is 1. The van der Waals surface area contributed by atoms with Crippen molar-refractivity contribution < 1.29 is 19.8 Å². The number of nitrogens with two attached hydrogens (primary N) is 2. The second-order valence-electron chi connectivity index (χ2n) is 10.6. The molecule has 216 valence electrons. The summed E-state index contributed by atoms with van der Waals surface area (Å²) in [5.41, 5.74) is 13.8. The number of aromatic nitrogens is 3. The zero-order chi connectivity index (χ0) is 29.1. The number of halogens is 1. The number of nitrogens with one attached hydrogen (secondary N) is 2. The molecule has 12 nitrogen and oxygen atoms in total. The minimum absolute atomic E-state index is 0.123. The van der Waals surface area contributed by atoms with Gasteiger partial charge in [0.25, 0.3) is 0 Å². The molecule has 1 aliphatic carbocycles. The van der Waals surface area contributed by atoms with Gasteiger partial charge in [-0.2, -0.15) is 15.0 Å². The summed E-state index contributed by atoms with van der Waals surface area (Å²) >= 11 is 6.07. The average Bonchev–Trinajstić information content (AvgIpc) is 3.27. The first-order valence-corrected chi connectivity index (χ1v) is 13.8. The van der Waals surface area contributed by atoms with Crippen molar-refractivity contribution in [1.82, 2.24) is 15.0 Å². The lowest BCUT2D eigenvalue weighted by molar-refractivity contribution is -0.115. The van der Waals surface area contributed by atoms with Gasteiger partial charge in [-0.15, -0.1) is 0 Å². The van der Waals surface area contributed by atoms with Gasteiger partial charge in [-0.3, -0.25) is 9.59 Å². The summed E-state index contributed by atoms with van der Waals surface area (Å²) in [6.45, 7) is 1.07. The third-order valence-electron chi connectivity index (χ3n) is 7.23. The van der Waals surface area contributed by atoms with Crippen molar-refractivity contribution in [3.8, 4) is 0 Å². The van der Waals surface area contributed by atoms with E-state index in [4.69, 9.17) is 23.1 Å². The number of rotatable bonds is 8. The van der Waals surface area contributed by atoms with E-state index < -0.39 is 18.1 Å². The van der Waals surface area contributed by atoms with Crippen molar-refractivity contribution in [3.05, 3.63) is 64.9 Å². The quantitative estimate of drug-likeness (QED) is 0.168. The molecule has 3 aromatic rings. The number of ketones is 1. The molecule has 8 N–H and O–H groups in total. The summed E-state index contributed by atoms with van der Waals surface area (Å²) in [7, 11) is 0. The first-order valence-electron chi connectivity index (χ1n) is 13.5. The topological polar surface area (TPSA) is 193 Å². The van der Waals surface area contributed by atoms with Gasteiger partial charge in [-0.25, -0.2) is 0 Å². The highest BCUT2D eigenvalue weighted by atomic mass is 35.5. The lowest BCUT2D eigenvalue weighted by Crippen LogP contribution is -2.53. The number of benzene rings is 2. The Balaban J connectivity index is 1.30. The smallest absolute Gasteiger partial charge is 0.232 e. The largest absolute Gasteiger partial charge is 0.390 e. The summed E-state index contributed by atoms with van der Waals surface area (Å²) in [6.07, 6.45) is -0.644. The van der Waals surface area contributed by atoms with E-state index in [9.17, 15) is 19.8 Å². The Bertz CT molecular complexity index is 1390. The van der Waals surface area contributed by atoms with Crippen LogP contribution in [0.1, 0.15) is 47.8 Å². The second-order valence-corrected chi connectivity index (χ2v) is 11.0. The Morgan fingerprint density at radius 1 is 0.927 bits per heavy atom. The van der Waals surface area contributed by atoms with E-state index in [1.807, 2.05) is 4.90 Å². The van der Waals surface area contributed by atoms with Gasteiger partial charge < -0.3 is 37.2 Å². The van der Waals surface area contributed by atoms with Gasteiger partial charge in [0.2, 0.25) is 17.8 Å². The fourth-order valence-electron chi connectivity index (χ4n) is 5.18.